The number of rotatable bonds is 4. The Bertz CT molecular complexity index is 1120. The van der Waals surface area contributed by atoms with E-state index in [1.165, 1.54) is 10.6 Å². The van der Waals surface area contributed by atoms with Crippen LogP contribution in [0.5, 0.6) is 0 Å². The van der Waals surface area contributed by atoms with Crippen molar-refractivity contribution < 1.29 is 9.21 Å². The molecule has 3 heterocycles. The number of aromatic amines is 1. The maximum Gasteiger partial charge on any atom is 0.420 e. The third-order valence-corrected chi connectivity index (χ3v) is 4.89. The Morgan fingerprint density at radius 3 is 2.79 bits per heavy atom. The molecule has 1 aliphatic rings. The zero-order chi connectivity index (χ0) is 19.7. The van der Waals surface area contributed by atoms with Gasteiger partial charge in [-0.15, -0.1) is 0 Å². The zero-order valence-corrected chi connectivity index (χ0v) is 15.5. The van der Waals surface area contributed by atoms with Crippen LogP contribution in [0, 0.1) is 6.92 Å². The van der Waals surface area contributed by atoms with E-state index in [1.807, 2.05) is 4.90 Å². The van der Waals surface area contributed by atoms with Crippen molar-refractivity contribution in [1.82, 2.24) is 19.9 Å². The number of aryl methyl sites for hydroxylation is 1. The van der Waals surface area contributed by atoms with Crippen molar-refractivity contribution >= 4 is 23.0 Å². The van der Waals surface area contributed by atoms with Crippen molar-refractivity contribution in [1.29, 1.82) is 0 Å². The quantitative estimate of drug-likeness (QED) is 0.688. The van der Waals surface area contributed by atoms with Gasteiger partial charge in [0.05, 0.1) is 5.52 Å². The van der Waals surface area contributed by atoms with Crippen molar-refractivity contribution in [3.63, 3.8) is 0 Å². The van der Waals surface area contributed by atoms with Crippen LogP contribution in [0.2, 0.25) is 0 Å². The first-order chi connectivity index (χ1) is 13.5. The summed E-state index contributed by atoms with van der Waals surface area (Å²) in [6, 6.07) is 8.49. The number of carbonyl (C=O) groups excluding carboxylic acids is 1. The van der Waals surface area contributed by atoms with Crippen LogP contribution in [-0.4, -0.2) is 39.6 Å². The summed E-state index contributed by atoms with van der Waals surface area (Å²) < 4.78 is 6.49. The lowest BCUT2D eigenvalue weighted by atomic mass is 10.1. The topological polar surface area (TPSA) is 113 Å². The molecule has 28 heavy (non-hydrogen) atoms. The van der Waals surface area contributed by atoms with E-state index >= 15 is 0 Å². The van der Waals surface area contributed by atoms with Gasteiger partial charge in [-0.25, -0.2) is 9.78 Å². The van der Waals surface area contributed by atoms with Crippen LogP contribution >= 0.6 is 0 Å². The van der Waals surface area contributed by atoms with Crippen molar-refractivity contribution in [2.45, 2.75) is 32.4 Å². The highest BCUT2D eigenvalue weighted by molar-refractivity contribution is 5.79. The number of carbonyl (C=O) groups is 1. The van der Waals surface area contributed by atoms with E-state index < -0.39 is 5.76 Å². The van der Waals surface area contributed by atoms with Gasteiger partial charge in [-0.2, -0.15) is 0 Å². The number of nitrogens with zero attached hydrogens (tertiary/aromatic N) is 3. The summed E-state index contributed by atoms with van der Waals surface area (Å²) in [4.78, 5) is 45.2. The van der Waals surface area contributed by atoms with E-state index in [0.29, 0.717) is 35.8 Å². The molecule has 146 valence electrons. The molecule has 2 aromatic heterocycles. The number of benzene rings is 1. The normalized spacial score (nSPS) is 15.1. The number of anilines is 1. The molecule has 0 radical (unpaired) electrons. The third-order valence-electron chi connectivity index (χ3n) is 4.89. The van der Waals surface area contributed by atoms with Gasteiger partial charge in [0.2, 0.25) is 11.9 Å². The van der Waals surface area contributed by atoms with E-state index in [9.17, 15) is 14.4 Å². The summed E-state index contributed by atoms with van der Waals surface area (Å²) in [5.74, 6) is -0.207. The second-order valence-corrected chi connectivity index (χ2v) is 6.96. The molecule has 0 spiro atoms. The molecule has 9 nitrogen and oxygen atoms in total. The average molecular weight is 383 g/mol. The average Bonchev–Trinajstić information content (AvgIpc) is 2.97. The molecular weight excluding hydrogens is 362 g/mol. The fourth-order valence-corrected chi connectivity index (χ4v) is 3.53. The van der Waals surface area contributed by atoms with Crippen molar-refractivity contribution in [3.8, 4) is 0 Å². The van der Waals surface area contributed by atoms with Crippen molar-refractivity contribution in [3.05, 3.63) is 56.9 Å². The van der Waals surface area contributed by atoms with Gasteiger partial charge in [0.25, 0.3) is 5.56 Å². The van der Waals surface area contributed by atoms with E-state index in [2.05, 4.69) is 15.3 Å². The van der Waals surface area contributed by atoms with Gasteiger partial charge >= 0.3 is 5.76 Å². The molecule has 1 amide bonds. The molecule has 0 bridgehead atoms. The van der Waals surface area contributed by atoms with E-state index in [-0.39, 0.29) is 24.1 Å². The number of nitrogens with one attached hydrogen (secondary N) is 2. The number of H-pyrrole nitrogens is 1. The molecule has 1 aromatic carbocycles. The van der Waals surface area contributed by atoms with E-state index in [4.69, 9.17) is 4.42 Å². The summed E-state index contributed by atoms with van der Waals surface area (Å²) in [5, 5.41) is 2.98. The molecule has 0 saturated carbocycles. The van der Waals surface area contributed by atoms with E-state index in [0.717, 1.165) is 12.8 Å². The maximum atomic E-state index is 12.4. The van der Waals surface area contributed by atoms with Gasteiger partial charge in [-0.3, -0.25) is 19.1 Å². The number of hydrogen-bond donors (Lipinski definition) is 2. The van der Waals surface area contributed by atoms with E-state index in [1.54, 1.807) is 31.2 Å². The number of hydrogen-bond acceptors (Lipinski definition) is 6. The Kier molecular flexibility index (Phi) is 4.72. The SMILES string of the molecule is Cc1cc(=O)[nH]c(N2CCC(NC(=O)Cn3c(=O)oc4ccccc43)CC2)n1. The number of amides is 1. The zero-order valence-electron chi connectivity index (χ0n) is 15.5. The molecule has 2 N–H and O–H groups in total. The lowest BCUT2D eigenvalue weighted by Crippen LogP contribution is -2.46. The minimum Gasteiger partial charge on any atom is -0.408 e. The molecule has 9 heteroatoms. The smallest absolute Gasteiger partial charge is 0.408 e. The Hall–Kier alpha value is -3.36. The monoisotopic (exact) mass is 383 g/mol. The predicted molar refractivity (Wildman–Crippen MR) is 103 cm³/mol. The largest absolute Gasteiger partial charge is 0.420 e. The maximum absolute atomic E-state index is 12.4. The molecular formula is C19H21N5O4. The van der Waals surface area contributed by atoms with Gasteiger partial charge in [-0.05, 0) is 31.9 Å². The fourth-order valence-electron chi connectivity index (χ4n) is 3.53. The van der Waals surface area contributed by atoms with Crippen molar-refractivity contribution in [2.75, 3.05) is 18.0 Å². The second-order valence-electron chi connectivity index (χ2n) is 6.96. The van der Waals surface area contributed by atoms with Crippen LogP contribution in [-0.2, 0) is 11.3 Å². The lowest BCUT2D eigenvalue weighted by molar-refractivity contribution is -0.122. The number of oxazole rings is 1. The molecule has 0 aliphatic carbocycles. The number of para-hydroxylation sites is 2. The van der Waals surface area contributed by atoms with Gasteiger partial charge in [0, 0.05) is 30.9 Å². The number of aromatic nitrogens is 3. The van der Waals surface area contributed by atoms with Crippen LogP contribution in [0.3, 0.4) is 0 Å². The Labute approximate surface area is 160 Å². The number of piperidine rings is 1. The summed E-state index contributed by atoms with van der Waals surface area (Å²) in [6.45, 7) is 3.05. The molecule has 1 saturated heterocycles. The van der Waals surface area contributed by atoms with Crippen LogP contribution in [0.1, 0.15) is 18.5 Å². The highest BCUT2D eigenvalue weighted by atomic mass is 16.4. The highest BCUT2D eigenvalue weighted by Gasteiger charge is 2.23. The molecule has 0 atom stereocenters. The standard InChI is InChI=1S/C19H21N5O4/c1-12-10-16(25)22-18(20-12)23-8-6-13(7-9-23)21-17(26)11-24-14-4-2-3-5-15(14)28-19(24)27/h2-5,10,13H,6-9,11H2,1H3,(H,21,26)(H,20,22,25). The molecule has 3 aromatic rings. The molecule has 0 unspecified atom stereocenters. The fraction of sp³-hybridized carbons (Fsp3) is 0.368. The number of fused-ring (bicyclic) bond motifs is 1. The minimum atomic E-state index is -0.541. The van der Waals surface area contributed by atoms with Crippen LogP contribution < -0.4 is 21.5 Å². The first-order valence-electron chi connectivity index (χ1n) is 9.20. The Balaban J connectivity index is 1.37. The van der Waals surface area contributed by atoms with Gasteiger partial charge in [0.15, 0.2) is 5.58 Å². The Morgan fingerprint density at radius 1 is 1.29 bits per heavy atom. The van der Waals surface area contributed by atoms with Crippen LogP contribution in [0.15, 0.2) is 44.3 Å². The Morgan fingerprint density at radius 2 is 2.04 bits per heavy atom. The lowest BCUT2D eigenvalue weighted by Gasteiger charge is -2.32. The first kappa shape index (κ1) is 18.0. The molecule has 4 rings (SSSR count). The summed E-state index contributed by atoms with van der Waals surface area (Å²) >= 11 is 0. The minimum absolute atomic E-state index is 0.00847. The van der Waals surface area contributed by atoms with Crippen LogP contribution in [0.25, 0.3) is 11.1 Å². The van der Waals surface area contributed by atoms with Crippen LogP contribution in [0.4, 0.5) is 5.95 Å². The summed E-state index contributed by atoms with van der Waals surface area (Å²) in [6.07, 6.45) is 1.45. The molecule has 1 aliphatic heterocycles. The highest BCUT2D eigenvalue weighted by Crippen LogP contribution is 2.16. The third kappa shape index (κ3) is 3.68. The van der Waals surface area contributed by atoms with Crippen molar-refractivity contribution in [2.24, 2.45) is 0 Å². The summed E-state index contributed by atoms with van der Waals surface area (Å²) in [5.41, 5.74) is 1.57. The van der Waals surface area contributed by atoms with Gasteiger partial charge in [0.1, 0.15) is 6.54 Å². The summed E-state index contributed by atoms with van der Waals surface area (Å²) in [7, 11) is 0. The van der Waals surface area contributed by atoms with Gasteiger partial charge < -0.3 is 14.6 Å². The molecule has 1 fully saturated rings. The van der Waals surface area contributed by atoms with Gasteiger partial charge in [-0.1, -0.05) is 12.1 Å². The first-order valence-corrected chi connectivity index (χ1v) is 9.20. The predicted octanol–water partition coefficient (Wildman–Crippen LogP) is 0.771. The second kappa shape index (κ2) is 7.34.